The fraction of sp³-hybridized carbons (Fsp3) is 0.143. The smallest absolute Gasteiger partial charge is 0.340 e. The van der Waals surface area contributed by atoms with Gasteiger partial charge in [-0.15, -0.1) is 0 Å². The highest BCUT2D eigenvalue weighted by atomic mass is 79.9. The molecule has 1 atom stereocenters. The minimum absolute atomic E-state index is 0.0215. The van der Waals surface area contributed by atoms with E-state index in [0.29, 0.717) is 5.56 Å². The molecule has 3 aromatic rings. The van der Waals surface area contributed by atoms with Crippen LogP contribution < -0.4 is 0 Å². The van der Waals surface area contributed by atoms with Gasteiger partial charge in [0.25, 0.3) is 0 Å². The van der Waals surface area contributed by atoms with Gasteiger partial charge in [0.1, 0.15) is 0 Å². The Balaban J connectivity index is 2.09. The minimum atomic E-state index is -1.63. The lowest BCUT2D eigenvalue weighted by Gasteiger charge is -2.35. The molecule has 0 saturated carbocycles. The van der Waals surface area contributed by atoms with Crippen LogP contribution in [0.3, 0.4) is 0 Å². The van der Waals surface area contributed by atoms with Gasteiger partial charge in [-0.1, -0.05) is 52.0 Å². The maximum Gasteiger partial charge on any atom is 0.340 e. The number of methoxy groups -OCH3 is 2. The Kier molecular flexibility index (Phi) is 5.02. The molecule has 29 heavy (non-hydrogen) atoms. The first-order chi connectivity index (χ1) is 13.9. The van der Waals surface area contributed by atoms with Crippen molar-refractivity contribution in [2.24, 2.45) is 0 Å². The standard InChI is InChI=1S/C21H16BrNO5S/c1-27-19(24)14-11-23-15-5-3-4-6-16(15)29-21(26,12-7-9-13(22)10-8-12)18(23)17(14)20(25)28-2/h3-11,26H,1-2H3. The molecule has 6 nitrogen and oxygen atoms in total. The summed E-state index contributed by atoms with van der Waals surface area (Å²) in [5.41, 5.74) is 1.56. The molecule has 0 spiro atoms. The number of halogens is 1. The maximum absolute atomic E-state index is 12.7. The molecule has 8 heteroatoms. The Morgan fingerprint density at radius 3 is 2.34 bits per heavy atom. The van der Waals surface area contributed by atoms with Crippen molar-refractivity contribution in [2.45, 2.75) is 9.83 Å². The first-order valence-corrected chi connectivity index (χ1v) is 10.2. The number of nitrogens with zero attached hydrogens (tertiary/aromatic N) is 1. The molecular formula is C21H16BrNO5S. The Morgan fingerprint density at radius 2 is 1.69 bits per heavy atom. The summed E-state index contributed by atoms with van der Waals surface area (Å²) < 4.78 is 12.3. The third-order valence-electron chi connectivity index (χ3n) is 4.74. The summed E-state index contributed by atoms with van der Waals surface area (Å²) >= 11 is 4.59. The van der Waals surface area contributed by atoms with Crippen molar-refractivity contribution in [2.75, 3.05) is 14.2 Å². The van der Waals surface area contributed by atoms with Crippen LogP contribution in [0.4, 0.5) is 0 Å². The van der Waals surface area contributed by atoms with Crippen LogP contribution in [0.2, 0.25) is 0 Å². The van der Waals surface area contributed by atoms with Crippen LogP contribution in [0, 0.1) is 0 Å². The zero-order valence-electron chi connectivity index (χ0n) is 15.5. The number of ether oxygens (including phenoxy) is 2. The molecule has 0 amide bonds. The van der Waals surface area contributed by atoms with Crippen molar-refractivity contribution in [3.8, 4) is 5.69 Å². The molecule has 2 aromatic carbocycles. The minimum Gasteiger partial charge on any atom is -0.465 e. The van der Waals surface area contributed by atoms with Gasteiger partial charge in [0.05, 0.1) is 36.7 Å². The lowest BCUT2D eigenvalue weighted by atomic mass is 10.00. The molecule has 0 fully saturated rings. The summed E-state index contributed by atoms with van der Waals surface area (Å²) in [6.45, 7) is 0. The first-order valence-electron chi connectivity index (χ1n) is 8.60. The van der Waals surface area contributed by atoms with Crippen LogP contribution in [0.5, 0.6) is 0 Å². The van der Waals surface area contributed by atoms with Crippen molar-refractivity contribution in [1.82, 2.24) is 4.57 Å². The van der Waals surface area contributed by atoms with Crippen molar-refractivity contribution < 1.29 is 24.2 Å². The van der Waals surface area contributed by atoms with Crippen molar-refractivity contribution in [3.05, 3.63) is 81.6 Å². The van der Waals surface area contributed by atoms with E-state index >= 15 is 0 Å². The largest absolute Gasteiger partial charge is 0.465 e. The summed E-state index contributed by atoms with van der Waals surface area (Å²) in [6, 6.07) is 14.6. The Labute approximate surface area is 179 Å². The predicted molar refractivity (Wildman–Crippen MR) is 111 cm³/mol. The number of hydrogen-bond donors (Lipinski definition) is 1. The third-order valence-corrected chi connectivity index (χ3v) is 6.56. The maximum atomic E-state index is 12.7. The van der Waals surface area contributed by atoms with E-state index in [0.717, 1.165) is 15.1 Å². The van der Waals surface area contributed by atoms with E-state index in [4.69, 9.17) is 9.47 Å². The highest BCUT2D eigenvalue weighted by Gasteiger charge is 2.46. The number of fused-ring (bicyclic) bond motifs is 3. The number of para-hydroxylation sites is 1. The van der Waals surface area contributed by atoms with Crippen LogP contribution >= 0.6 is 27.7 Å². The quantitative estimate of drug-likeness (QED) is 0.576. The molecule has 148 valence electrons. The Hall–Kier alpha value is -2.55. The number of carbonyl (C=O) groups is 2. The number of hydrogen-bond acceptors (Lipinski definition) is 6. The molecule has 2 heterocycles. The molecule has 1 aliphatic rings. The van der Waals surface area contributed by atoms with Gasteiger partial charge in [-0.05, 0) is 24.3 Å². The topological polar surface area (TPSA) is 77.8 Å². The van der Waals surface area contributed by atoms with Crippen molar-refractivity contribution in [3.63, 3.8) is 0 Å². The highest BCUT2D eigenvalue weighted by Crippen LogP contribution is 2.52. The first kappa shape index (κ1) is 19.8. The van der Waals surface area contributed by atoms with Crippen molar-refractivity contribution in [1.29, 1.82) is 0 Å². The number of carbonyl (C=O) groups excluding carboxylic acids is 2. The number of thioether (sulfide) groups is 1. The van der Waals surface area contributed by atoms with E-state index in [2.05, 4.69) is 15.9 Å². The number of aromatic nitrogens is 1. The SMILES string of the molecule is COC(=O)c1cn2c(c1C(=O)OC)C(O)(c1ccc(Br)cc1)Sc1ccccc1-2. The van der Waals surface area contributed by atoms with E-state index < -0.39 is 16.9 Å². The number of esters is 2. The normalized spacial score (nSPS) is 17.2. The van der Waals surface area contributed by atoms with Gasteiger partial charge in [0, 0.05) is 21.1 Å². The summed E-state index contributed by atoms with van der Waals surface area (Å²) in [4.78, 5) is 24.3. The van der Waals surface area contributed by atoms with Gasteiger partial charge in [0.15, 0.2) is 4.93 Å². The highest BCUT2D eigenvalue weighted by molar-refractivity contribution is 9.10. The Morgan fingerprint density at radius 1 is 1.03 bits per heavy atom. The molecule has 0 radical (unpaired) electrons. The van der Waals surface area contributed by atoms with Crippen LogP contribution in [-0.4, -0.2) is 35.8 Å². The summed E-state index contributed by atoms with van der Waals surface area (Å²) in [6.07, 6.45) is 1.51. The van der Waals surface area contributed by atoms with Crippen LogP contribution in [-0.2, 0) is 14.4 Å². The van der Waals surface area contributed by atoms with Gasteiger partial charge in [-0.3, -0.25) is 0 Å². The van der Waals surface area contributed by atoms with Crippen LogP contribution in [0.15, 0.2) is 64.1 Å². The summed E-state index contributed by atoms with van der Waals surface area (Å²) in [7, 11) is 2.47. The molecule has 0 bridgehead atoms. The summed E-state index contributed by atoms with van der Waals surface area (Å²) in [5.74, 6) is -1.41. The van der Waals surface area contributed by atoms with E-state index in [-0.39, 0.29) is 16.8 Å². The molecule has 1 aromatic heterocycles. The zero-order valence-corrected chi connectivity index (χ0v) is 17.9. The average Bonchev–Trinajstić information content (AvgIpc) is 3.15. The molecule has 1 aliphatic heterocycles. The number of aliphatic hydroxyl groups is 1. The third kappa shape index (κ3) is 3.08. The second kappa shape index (κ2) is 7.37. The van der Waals surface area contributed by atoms with Gasteiger partial charge >= 0.3 is 11.9 Å². The van der Waals surface area contributed by atoms with Gasteiger partial charge in [-0.25, -0.2) is 9.59 Å². The monoisotopic (exact) mass is 473 g/mol. The molecule has 0 aliphatic carbocycles. The Bertz CT molecular complexity index is 1120. The van der Waals surface area contributed by atoms with E-state index in [1.807, 2.05) is 24.3 Å². The van der Waals surface area contributed by atoms with Crippen LogP contribution in [0.1, 0.15) is 32.0 Å². The molecule has 0 saturated heterocycles. The second-order valence-electron chi connectivity index (χ2n) is 6.34. The van der Waals surface area contributed by atoms with Gasteiger partial charge < -0.3 is 19.1 Å². The number of benzene rings is 2. The molecular weight excluding hydrogens is 458 g/mol. The van der Waals surface area contributed by atoms with Gasteiger partial charge in [-0.2, -0.15) is 0 Å². The second-order valence-corrected chi connectivity index (χ2v) is 8.49. The van der Waals surface area contributed by atoms with Crippen LogP contribution in [0.25, 0.3) is 5.69 Å². The zero-order chi connectivity index (χ0) is 20.8. The van der Waals surface area contributed by atoms with E-state index in [9.17, 15) is 14.7 Å². The average molecular weight is 474 g/mol. The van der Waals surface area contributed by atoms with E-state index in [1.165, 1.54) is 32.2 Å². The van der Waals surface area contributed by atoms with E-state index in [1.54, 1.807) is 28.8 Å². The molecule has 1 N–H and O–H groups in total. The lowest BCUT2D eigenvalue weighted by Crippen LogP contribution is -2.31. The summed E-state index contributed by atoms with van der Waals surface area (Å²) in [5, 5.41) is 11.9. The number of rotatable bonds is 3. The predicted octanol–water partition coefficient (Wildman–Crippen LogP) is 4.11. The van der Waals surface area contributed by atoms with Gasteiger partial charge in [0.2, 0.25) is 0 Å². The fourth-order valence-electron chi connectivity index (χ4n) is 3.42. The fourth-order valence-corrected chi connectivity index (χ4v) is 4.97. The molecule has 4 rings (SSSR count). The van der Waals surface area contributed by atoms with Crippen molar-refractivity contribution >= 4 is 39.6 Å². The lowest BCUT2D eigenvalue weighted by molar-refractivity contribution is 0.0551. The molecule has 1 unspecified atom stereocenters.